The molecule has 12 heteroatoms. The molecule has 2 amide bonds. The first-order valence-corrected chi connectivity index (χ1v) is 11.9. The first-order chi connectivity index (χ1) is 17.4. The van der Waals surface area contributed by atoms with Crippen LogP contribution in [0.25, 0.3) is 22.6 Å². The number of hydrogen-bond donors (Lipinski definition) is 1. The van der Waals surface area contributed by atoms with Crippen molar-refractivity contribution in [3.63, 3.8) is 0 Å². The molecule has 190 valence electrons. The molecule has 1 fully saturated rings. The molecular formula is C24H29FN8O3. The summed E-state index contributed by atoms with van der Waals surface area (Å²) in [6.07, 6.45) is 0.475. The van der Waals surface area contributed by atoms with Gasteiger partial charge in [-0.15, -0.1) is 10.2 Å². The van der Waals surface area contributed by atoms with Crippen molar-refractivity contribution in [1.82, 2.24) is 35.4 Å². The SMILES string of the molecule is CCN(CC)CCn1nnc(-c2ccc(-c3ccc(N4CC(CNC(C)=O)OC4=O)cc3F)cn2)n1. The molecule has 1 N–H and O–H groups in total. The number of benzene rings is 1. The average Bonchev–Trinajstić information content (AvgIpc) is 3.50. The van der Waals surface area contributed by atoms with Crippen molar-refractivity contribution in [1.29, 1.82) is 0 Å². The third kappa shape index (κ3) is 5.82. The Morgan fingerprint density at radius 3 is 2.72 bits per heavy atom. The van der Waals surface area contributed by atoms with Crippen LogP contribution in [0.2, 0.25) is 0 Å². The lowest BCUT2D eigenvalue weighted by molar-refractivity contribution is -0.119. The van der Waals surface area contributed by atoms with Crippen LogP contribution in [0, 0.1) is 5.82 Å². The summed E-state index contributed by atoms with van der Waals surface area (Å²) in [5.41, 5.74) is 1.83. The number of hydrogen-bond acceptors (Lipinski definition) is 8. The van der Waals surface area contributed by atoms with Crippen LogP contribution in [0.3, 0.4) is 0 Å². The van der Waals surface area contributed by atoms with Gasteiger partial charge in [-0.3, -0.25) is 14.7 Å². The van der Waals surface area contributed by atoms with E-state index in [1.54, 1.807) is 35.3 Å². The molecule has 3 aromatic rings. The van der Waals surface area contributed by atoms with E-state index in [2.05, 4.69) is 44.5 Å². The predicted molar refractivity (Wildman–Crippen MR) is 131 cm³/mol. The molecule has 0 bridgehead atoms. The number of nitrogens with zero attached hydrogens (tertiary/aromatic N) is 7. The summed E-state index contributed by atoms with van der Waals surface area (Å²) >= 11 is 0. The third-order valence-electron chi connectivity index (χ3n) is 5.98. The Kier molecular flexibility index (Phi) is 7.84. The van der Waals surface area contributed by atoms with Gasteiger partial charge in [-0.25, -0.2) is 9.18 Å². The van der Waals surface area contributed by atoms with Crippen LogP contribution in [-0.4, -0.2) is 80.9 Å². The molecule has 4 rings (SSSR count). The van der Waals surface area contributed by atoms with Gasteiger partial charge in [0.15, 0.2) is 0 Å². The first-order valence-electron chi connectivity index (χ1n) is 11.9. The van der Waals surface area contributed by atoms with E-state index < -0.39 is 18.0 Å². The van der Waals surface area contributed by atoms with Gasteiger partial charge in [0.2, 0.25) is 11.7 Å². The fourth-order valence-corrected chi connectivity index (χ4v) is 3.90. The fraction of sp³-hybridized carbons (Fsp3) is 0.417. The minimum Gasteiger partial charge on any atom is -0.442 e. The summed E-state index contributed by atoms with van der Waals surface area (Å²) < 4.78 is 20.2. The van der Waals surface area contributed by atoms with Crippen LogP contribution in [0.15, 0.2) is 36.5 Å². The Hall–Kier alpha value is -3.93. The van der Waals surface area contributed by atoms with Crippen molar-refractivity contribution in [3.8, 4) is 22.6 Å². The summed E-state index contributed by atoms with van der Waals surface area (Å²) in [7, 11) is 0. The molecule has 1 aliphatic heterocycles. The number of amides is 2. The molecule has 2 aromatic heterocycles. The number of aromatic nitrogens is 5. The zero-order valence-corrected chi connectivity index (χ0v) is 20.5. The normalized spacial score (nSPS) is 15.4. The molecule has 36 heavy (non-hydrogen) atoms. The summed E-state index contributed by atoms with van der Waals surface area (Å²) in [6, 6.07) is 7.99. The summed E-state index contributed by atoms with van der Waals surface area (Å²) in [6.45, 7) is 9.40. The lowest BCUT2D eigenvalue weighted by Gasteiger charge is -2.16. The monoisotopic (exact) mass is 496 g/mol. The maximum absolute atomic E-state index is 15.0. The van der Waals surface area contributed by atoms with Crippen LogP contribution >= 0.6 is 0 Å². The van der Waals surface area contributed by atoms with E-state index in [1.807, 2.05) is 0 Å². The van der Waals surface area contributed by atoms with Gasteiger partial charge in [0.05, 0.1) is 25.3 Å². The van der Waals surface area contributed by atoms with E-state index in [0.717, 1.165) is 19.6 Å². The molecule has 1 saturated heterocycles. The predicted octanol–water partition coefficient (Wildman–Crippen LogP) is 2.34. The van der Waals surface area contributed by atoms with Crippen molar-refractivity contribution in [2.75, 3.05) is 37.6 Å². The van der Waals surface area contributed by atoms with Crippen molar-refractivity contribution >= 4 is 17.7 Å². The average molecular weight is 497 g/mol. The second kappa shape index (κ2) is 11.2. The minimum absolute atomic E-state index is 0.203. The standard InChI is InChI=1S/C24H29FN8O3/c1-4-31(5-2)10-11-33-29-23(28-30-33)22-9-6-17(13-27-22)20-8-7-18(12-21(20)25)32-15-19(36-24(32)35)14-26-16(3)34/h6-9,12-13,19H,4-5,10-11,14-15H2,1-3H3,(H,26,34). The lowest BCUT2D eigenvalue weighted by Crippen LogP contribution is -2.33. The molecule has 1 aromatic carbocycles. The van der Waals surface area contributed by atoms with Gasteiger partial charge in [0.1, 0.15) is 17.6 Å². The van der Waals surface area contributed by atoms with Gasteiger partial charge >= 0.3 is 6.09 Å². The molecular weight excluding hydrogens is 467 g/mol. The van der Waals surface area contributed by atoms with Gasteiger partial charge in [-0.05, 0) is 42.6 Å². The highest BCUT2D eigenvalue weighted by atomic mass is 19.1. The van der Waals surface area contributed by atoms with Crippen LogP contribution in [0.4, 0.5) is 14.9 Å². The Morgan fingerprint density at radius 1 is 1.25 bits per heavy atom. The first kappa shape index (κ1) is 25.2. The molecule has 1 unspecified atom stereocenters. The molecule has 1 atom stereocenters. The number of tetrazole rings is 1. The highest BCUT2D eigenvalue weighted by Crippen LogP contribution is 2.29. The van der Waals surface area contributed by atoms with Crippen LogP contribution in [-0.2, 0) is 16.1 Å². The van der Waals surface area contributed by atoms with E-state index in [9.17, 15) is 14.0 Å². The van der Waals surface area contributed by atoms with Crippen molar-refractivity contribution in [2.45, 2.75) is 33.4 Å². The van der Waals surface area contributed by atoms with E-state index in [1.165, 1.54) is 17.9 Å². The van der Waals surface area contributed by atoms with Gasteiger partial charge in [-0.1, -0.05) is 19.9 Å². The number of halogens is 1. The molecule has 3 heterocycles. The number of rotatable bonds is 10. The second-order valence-corrected chi connectivity index (χ2v) is 8.39. The Bertz CT molecular complexity index is 1210. The molecule has 0 radical (unpaired) electrons. The molecule has 0 aliphatic carbocycles. The van der Waals surface area contributed by atoms with Gasteiger partial charge in [0, 0.05) is 30.8 Å². The number of ether oxygens (including phenoxy) is 1. The van der Waals surface area contributed by atoms with Crippen molar-refractivity contribution in [2.24, 2.45) is 0 Å². The summed E-state index contributed by atoms with van der Waals surface area (Å²) in [5.74, 6) is -0.311. The Balaban J connectivity index is 1.42. The number of pyridine rings is 1. The Morgan fingerprint density at radius 2 is 2.06 bits per heavy atom. The van der Waals surface area contributed by atoms with E-state index >= 15 is 0 Å². The molecule has 0 saturated carbocycles. The summed E-state index contributed by atoms with van der Waals surface area (Å²) in [5, 5.41) is 15.2. The van der Waals surface area contributed by atoms with Crippen LogP contribution < -0.4 is 10.2 Å². The number of likely N-dealkylation sites (N-methyl/N-ethyl adjacent to an activating group) is 1. The van der Waals surface area contributed by atoms with Gasteiger partial charge < -0.3 is 15.0 Å². The van der Waals surface area contributed by atoms with Crippen molar-refractivity contribution < 1.29 is 18.7 Å². The van der Waals surface area contributed by atoms with E-state index in [4.69, 9.17) is 4.74 Å². The molecule has 11 nitrogen and oxygen atoms in total. The number of carbonyl (C=O) groups is 2. The highest BCUT2D eigenvalue weighted by molar-refractivity contribution is 5.90. The number of carbonyl (C=O) groups excluding carboxylic acids is 2. The quantitative estimate of drug-likeness (QED) is 0.454. The minimum atomic E-state index is -0.582. The lowest BCUT2D eigenvalue weighted by atomic mass is 10.1. The van der Waals surface area contributed by atoms with Gasteiger partial charge in [-0.2, -0.15) is 4.80 Å². The smallest absolute Gasteiger partial charge is 0.414 e. The number of nitrogens with one attached hydrogen (secondary N) is 1. The van der Waals surface area contributed by atoms with Crippen molar-refractivity contribution in [3.05, 3.63) is 42.3 Å². The van der Waals surface area contributed by atoms with E-state index in [-0.39, 0.29) is 19.0 Å². The zero-order valence-electron chi connectivity index (χ0n) is 20.5. The zero-order chi connectivity index (χ0) is 25.7. The number of anilines is 1. The second-order valence-electron chi connectivity index (χ2n) is 8.39. The number of cyclic esters (lactones) is 1. The van der Waals surface area contributed by atoms with Crippen LogP contribution in [0.1, 0.15) is 20.8 Å². The fourth-order valence-electron chi connectivity index (χ4n) is 3.90. The highest BCUT2D eigenvalue weighted by Gasteiger charge is 2.32. The summed E-state index contributed by atoms with van der Waals surface area (Å²) in [4.78, 5) is 32.9. The van der Waals surface area contributed by atoms with E-state index in [0.29, 0.717) is 34.9 Å². The third-order valence-corrected chi connectivity index (χ3v) is 5.98. The molecule has 1 aliphatic rings. The Labute approximate surface area is 208 Å². The molecule has 0 spiro atoms. The maximum Gasteiger partial charge on any atom is 0.414 e. The van der Waals surface area contributed by atoms with Crippen LogP contribution in [0.5, 0.6) is 0 Å². The largest absolute Gasteiger partial charge is 0.442 e. The maximum atomic E-state index is 15.0. The van der Waals surface area contributed by atoms with Gasteiger partial charge in [0.25, 0.3) is 0 Å². The topological polar surface area (TPSA) is 118 Å².